The lowest BCUT2D eigenvalue weighted by atomic mass is 9.93. The van der Waals surface area contributed by atoms with E-state index in [1.807, 2.05) is 41.3 Å². The molecule has 0 unspecified atom stereocenters. The number of hydrogen-bond acceptors (Lipinski definition) is 3. The van der Waals surface area contributed by atoms with Crippen molar-refractivity contribution in [3.8, 4) is 0 Å². The summed E-state index contributed by atoms with van der Waals surface area (Å²) in [4.78, 5) is 27.6. The maximum Gasteiger partial charge on any atom is 0.227 e. The highest BCUT2D eigenvalue weighted by Crippen LogP contribution is 2.29. The minimum Gasteiger partial charge on any atom is -0.375 e. The molecule has 5 nitrogen and oxygen atoms in total. The molecule has 1 N–H and O–H groups in total. The van der Waals surface area contributed by atoms with Crippen LogP contribution in [0.1, 0.15) is 83.4 Å². The van der Waals surface area contributed by atoms with Gasteiger partial charge in [0.1, 0.15) is 0 Å². The van der Waals surface area contributed by atoms with Crippen LogP contribution < -0.4 is 10.2 Å². The van der Waals surface area contributed by atoms with E-state index >= 15 is 0 Å². The normalized spacial score (nSPS) is 14.3. The maximum absolute atomic E-state index is 13.3. The van der Waals surface area contributed by atoms with Gasteiger partial charge in [-0.15, -0.1) is 0 Å². The molecule has 36 heavy (non-hydrogen) atoms. The molecule has 0 saturated heterocycles. The van der Waals surface area contributed by atoms with Crippen LogP contribution in [0.3, 0.4) is 0 Å². The number of para-hydroxylation sites is 1. The third kappa shape index (κ3) is 8.63. The number of rotatable bonds is 10. The molecule has 0 atom stereocenters. The van der Waals surface area contributed by atoms with E-state index in [4.69, 9.17) is 4.74 Å². The van der Waals surface area contributed by atoms with Crippen LogP contribution in [0.25, 0.3) is 12.2 Å². The number of fused-ring (bicyclic) bond motifs is 2. The second kappa shape index (κ2) is 12.4. The van der Waals surface area contributed by atoms with Crippen LogP contribution in [0.5, 0.6) is 0 Å². The summed E-state index contributed by atoms with van der Waals surface area (Å²) in [7, 11) is 0. The summed E-state index contributed by atoms with van der Waals surface area (Å²) in [5, 5.41) is 2.99. The Hall–Kier alpha value is -2.92. The predicted octanol–water partition coefficient (Wildman–Crippen LogP) is 6.61. The minimum atomic E-state index is -0.280. The van der Waals surface area contributed by atoms with Crippen molar-refractivity contribution in [3.63, 3.8) is 0 Å². The average Bonchev–Trinajstić information content (AvgIpc) is 2.79. The first-order valence-electron chi connectivity index (χ1n) is 13.1. The number of nitrogens with one attached hydrogen (secondary N) is 1. The first kappa shape index (κ1) is 27.7. The van der Waals surface area contributed by atoms with Gasteiger partial charge < -0.3 is 15.0 Å². The zero-order chi connectivity index (χ0) is 26.2. The van der Waals surface area contributed by atoms with Gasteiger partial charge in [0.2, 0.25) is 11.8 Å². The van der Waals surface area contributed by atoms with Gasteiger partial charge in [-0.25, -0.2) is 0 Å². The lowest BCUT2D eigenvalue weighted by molar-refractivity contribution is -0.121. The number of carbonyl (C=O) groups excluding carboxylic acids is 2. The van der Waals surface area contributed by atoms with Crippen LogP contribution in [0.4, 0.5) is 5.69 Å². The molecule has 1 aliphatic rings. The molecule has 0 spiro atoms. The van der Waals surface area contributed by atoms with Crippen molar-refractivity contribution in [3.05, 3.63) is 65.2 Å². The van der Waals surface area contributed by atoms with Crippen molar-refractivity contribution in [2.24, 2.45) is 5.41 Å². The topological polar surface area (TPSA) is 58.6 Å². The molecule has 1 heterocycles. The van der Waals surface area contributed by atoms with Gasteiger partial charge in [0, 0.05) is 26.0 Å². The molecule has 194 valence electrons. The fraction of sp³-hybridized carbons (Fsp3) is 0.484. The largest absolute Gasteiger partial charge is 0.375 e. The van der Waals surface area contributed by atoms with E-state index in [-0.39, 0.29) is 22.8 Å². The smallest absolute Gasteiger partial charge is 0.227 e. The van der Waals surface area contributed by atoms with Gasteiger partial charge in [-0.2, -0.15) is 0 Å². The predicted molar refractivity (Wildman–Crippen MR) is 149 cm³/mol. The van der Waals surface area contributed by atoms with Gasteiger partial charge in [-0.05, 0) is 61.3 Å². The third-order valence-corrected chi connectivity index (χ3v) is 6.54. The van der Waals surface area contributed by atoms with E-state index in [1.54, 1.807) is 0 Å². The number of ether oxygens (including phenoxy) is 1. The average molecular weight is 491 g/mol. The number of nitrogens with zero attached hydrogens (tertiary/aromatic N) is 1. The van der Waals surface area contributed by atoms with Crippen molar-refractivity contribution < 1.29 is 14.3 Å². The van der Waals surface area contributed by atoms with E-state index in [0.29, 0.717) is 39.0 Å². The highest BCUT2D eigenvalue weighted by atomic mass is 16.5. The summed E-state index contributed by atoms with van der Waals surface area (Å²) >= 11 is 0. The summed E-state index contributed by atoms with van der Waals surface area (Å²) in [6, 6.07) is 16.1. The quantitative estimate of drug-likeness (QED) is 0.408. The van der Waals surface area contributed by atoms with Crippen molar-refractivity contribution in [1.29, 1.82) is 0 Å². The molecule has 3 rings (SSSR count). The van der Waals surface area contributed by atoms with Crippen LogP contribution in [-0.4, -0.2) is 30.6 Å². The summed E-state index contributed by atoms with van der Waals surface area (Å²) in [5.74, 6) is 0.0170. The Morgan fingerprint density at radius 2 is 1.56 bits per heavy atom. The molecule has 0 aliphatic carbocycles. The fourth-order valence-corrected chi connectivity index (χ4v) is 4.20. The highest BCUT2D eigenvalue weighted by molar-refractivity contribution is 5.97. The van der Waals surface area contributed by atoms with Crippen LogP contribution in [-0.2, 0) is 20.9 Å². The van der Waals surface area contributed by atoms with Gasteiger partial charge >= 0.3 is 0 Å². The first-order valence-corrected chi connectivity index (χ1v) is 13.1. The van der Waals surface area contributed by atoms with Gasteiger partial charge in [0.05, 0.1) is 17.8 Å². The number of benzene rings is 2. The SMILES string of the molecule is CC(C)(C)CCOC(C)(C)CCNC(=O)CCCC(=O)N1Cc2ccccc2/C=C\c2ccccc21. The van der Waals surface area contributed by atoms with Crippen LogP contribution >= 0.6 is 0 Å². The Morgan fingerprint density at radius 3 is 2.31 bits per heavy atom. The van der Waals surface area contributed by atoms with E-state index in [9.17, 15) is 9.59 Å². The van der Waals surface area contributed by atoms with Crippen molar-refractivity contribution in [2.75, 3.05) is 18.1 Å². The van der Waals surface area contributed by atoms with Gasteiger partial charge in [-0.3, -0.25) is 9.59 Å². The number of hydrogen-bond donors (Lipinski definition) is 1. The summed E-state index contributed by atoms with van der Waals surface area (Å²) in [6.45, 7) is 12.5. The molecule has 1 aliphatic heterocycles. The summed E-state index contributed by atoms with van der Waals surface area (Å²) in [6.07, 6.45) is 7.11. The minimum absolute atomic E-state index is 0.0189. The number of amides is 2. The molecule has 0 saturated carbocycles. The Balaban J connectivity index is 1.48. The van der Waals surface area contributed by atoms with E-state index in [2.05, 4.69) is 64.2 Å². The lowest BCUT2D eigenvalue weighted by Gasteiger charge is -2.28. The molecule has 2 aromatic rings. The number of anilines is 1. The summed E-state index contributed by atoms with van der Waals surface area (Å²) < 4.78 is 6.03. The van der Waals surface area contributed by atoms with Gasteiger partial charge in [-0.1, -0.05) is 75.4 Å². The Kier molecular flexibility index (Phi) is 9.49. The number of carbonyl (C=O) groups is 2. The Bertz CT molecular complexity index is 1070. The second-order valence-corrected chi connectivity index (χ2v) is 11.4. The molecule has 0 bridgehead atoms. The van der Waals surface area contributed by atoms with Crippen molar-refractivity contribution in [2.45, 2.75) is 78.9 Å². The highest BCUT2D eigenvalue weighted by Gasteiger charge is 2.22. The van der Waals surface area contributed by atoms with Gasteiger partial charge in [0.15, 0.2) is 0 Å². The maximum atomic E-state index is 13.3. The fourth-order valence-electron chi connectivity index (χ4n) is 4.20. The van der Waals surface area contributed by atoms with Crippen LogP contribution in [0, 0.1) is 5.41 Å². The van der Waals surface area contributed by atoms with E-state index in [1.165, 1.54) is 0 Å². The van der Waals surface area contributed by atoms with E-state index in [0.717, 1.165) is 35.2 Å². The third-order valence-electron chi connectivity index (χ3n) is 6.54. The molecule has 2 amide bonds. The van der Waals surface area contributed by atoms with Crippen LogP contribution in [0.15, 0.2) is 48.5 Å². The molecule has 0 aromatic heterocycles. The zero-order valence-electron chi connectivity index (χ0n) is 22.6. The lowest BCUT2D eigenvalue weighted by Crippen LogP contribution is -2.34. The second-order valence-electron chi connectivity index (χ2n) is 11.4. The molecular weight excluding hydrogens is 448 g/mol. The molecule has 2 aromatic carbocycles. The molecule has 0 radical (unpaired) electrons. The molecule has 5 heteroatoms. The first-order chi connectivity index (χ1) is 17.0. The van der Waals surface area contributed by atoms with E-state index < -0.39 is 0 Å². The molecule has 0 fully saturated rings. The van der Waals surface area contributed by atoms with Crippen molar-refractivity contribution >= 4 is 29.7 Å². The zero-order valence-corrected chi connectivity index (χ0v) is 22.6. The van der Waals surface area contributed by atoms with Crippen LogP contribution in [0.2, 0.25) is 0 Å². The van der Waals surface area contributed by atoms with Crippen molar-refractivity contribution in [1.82, 2.24) is 5.32 Å². The van der Waals surface area contributed by atoms with Gasteiger partial charge in [0.25, 0.3) is 0 Å². The standard InChI is InChI=1S/C31H42N2O3/c1-30(2,3)20-22-36-31(4,5)19-21-32-28(34)15-10-16-29(35)33-23-26-13-7-6-11-24(26)17-18-25-12-8-9-14-27(25)33/h6-9,11-14,17-18H,10,15-16,19-23H2,1-5H3,(H,32,34)/b18-17-. The summed E-state index contributed by atoms with van der Waals surface area (Å²) in [5.41, 5.74) is 4.13. The monoisotopic (exact) mass is 490 g/mol. The Morgan fingerprint density at radius 1 is 0.889 bits per heavy atom. The molecular formula is C31H42N2O3. The Labute approximate surface area is 216 Å².